The summed E-state index contributed by atoms with van der Waals surface area (Å²) in [5, 5.41) is 25.9. The number of amides is 1. The molecule has 23 heavy (non-hydrogen) atoms. The highest BCUT2D eigenvalue weighted by atomic mass is 16.6. The van der Waals surface area contributed by atoms with Gasteiger partial charge >= 0.3 is 6.09 Å². The van der Waals surface area contributed by atoms with Gasteiger partial charge in [0.15, 0.2) is 0 Å². The number of alkyl carbamates (subject to hydrolysis) is 1. The molecule has 2 atom stereocenters. The number of hydrogen-bond donors (Lipinski definition) is 4. The van der Waals surface area contributed by atoms with Crippen molar-refractivity contribution in [3.05, 3.63) is 35.4 Å². The Kier molecular flexibility index (Phi) is 7.48. The maximum Gasteiger partial charge on any atom is 0.407 e. The summed E-state index contributed by atoms with van der Waals surface area (Å²) in [6, 6.07) is 7.37. The number of benzene rings is 1. The second-order valence-corrected chi connectivity index (χ2v) is 6.42. The second kappa shape index (κ2) is 8.86. The molecule has 0 radical (unpaired) electrons. The van der Waals surface area contributed by atoms with Crippen LogP contribution in [-0.2, 0) is 11.3 Å². The number of hydrogen-bond acceptors (Lipinski definition) is 5. The molecule has 0 fully saturated rings. The van der Waals surface area contributed by atoms with Gasteiger partial charge in [-0.05, 0) is 38.4 Å². The molecule has 1 aromatic rings. The summed E-state index contributed by atoms with van der Waals surface area (Å²) < 4.78 is 5.09. The molecular weight excluding hydrogens is 296 g/mol. The normalized spacial score (nSPS) is 14.2. The van der Waals surface area contributed by atoms with Gasteiger partial charge in [0.1, 0.15) is 17.8 Å². The van der Waals surface area contributed by atoms with E-state index in [9.17, 15) is 15.0 Å². The summed E-state index contributed by atoms with van der Waals surface area (Å²) in [5.74, 6) is 0. The monoisotopic (exact) mass is 324 g/mol. The number of aliphatic hydroxyl groups excluding tert-OH is 2. The number of ether oxygens (including phenoxy) is 1. The Labute approximate surface area is 137 Å². The van der Waals surface area contributed by atoms with Crippen LogP contribution in [0.1, 0.15) is 44.9 Å². The first kappa shape index (κ1) is 19.4. The van der Waals surface area contributed by atoms with Crippen molar-refractivity contribution >= 4 is 6.09 Å². The predicted octanol–water partition coefficient (Wildman–Crippen LogP) is 1.72. The fraction of sp³-hybridized carbons (Fsp3) is 0.588. The van der Waals surface area contributed by atoms with Crippen molar-refractivity contribution in [1.29, 1.82) is 0 Å². The van der Waals surface area contributed by atoms with Crippen molar-refractivity contribution in [3.8, 4) is 0 Å². The highest BCUT2D eigenvalue weighted by molar-refractivity contribution is 5.67. The lowest BCUT2D eigenvalue weighted by molar-refractivity contribution is 0.0129. The van der Waals surface area contributed by atoms with Crippen molar-refractivity contribution in [2.45, 2.75) is 52.0 Å². The Balaban J connectivity index is 2.56. The lowest BCUT2D eigenvalue weighted by Gasteiger charge is -2.22. The lowest BCUT2D eigenvalue weighted by atomic mass is 10.0. The number of carbonyl (C=O) groups is 1. The van der Waals surface area contributed by atoms with E-state index < -0.39 is 23.9 Å². The highest BCUT2D eigenvalue weighted by Crippen LogP contribution is 2.18. The van der Waals surface area contributed by atoms with Crippen LogP contribution in [0.15, 0.2) is 24.3 Å². The minimum Gasteiger partial charge on any atom is -0.444 e. The summed E-state index contributed by atoms with van der Waals surface area (Å²) in [5.41, 5.74) is 1.03. The van der Waals surface area contributed by atoms with Crippen LogP contribution < -0.4 is 10.6 Å². The maximum absolute atomic E-state index is 11.6. The Morgan fingerprint density at radius 2 is 2.00 bits per heavy atom. The zero-order valence-corrected chi connectivity index (χ0v) is 14.3. The third-order valence-electron chi connectivity index (χ3n) is 3.09. The van der Waals surface area contributed by atoms with E-state index in [0.717, 1.165) is 12.1 Å². The van der Waals surface area contributed by atoms with Crippen LogP contribution in [0, 0.1) is 0 Å². The van der Waals surface area contributed by atoms with E-state index in [1.54, 1.807) is 26.8 Å². The van der Waals surface area contributed by atoms with Gasteiger partial charge in [-0.2, -0.15) is 0 Å². The average molecular weight is 324 g/mol. The molecule has 1 amide bonds. The fourth-order valence-corrected chi connectivity index (χ4v) is 1.99. The molecule has 1 aromatic carbocycles. The second-order valence-electron chi connectivity index (χ2n) is 6.42. The summed E-state index contributed by atoms with van der Waals surface area (Å²) >= 11 is 0. The molecule has 0 aliphatic carbocycles. The van der Waals surface area contributed by atoms with Gasteiger partial charge in [-0.1, -0.05) is 31.2 Å². The standard InChI is InChI=1S/C17H28N2O4/c1-5-18-10-12-7-6-8-13(9-12)15(21)14(20)11-19-16(22)23-17(2,3)4/h6-9,14-15,18,20-21H,5,10-11H2,1-4H3,(H,19,22). The molecule has 2 unspecified atom stereocenters. The van der Waals surface area contributed by atoms with Crippen LogP contribution in [0.3, 0.4) is 0 Å². The van der Waals surface area contributed by atoms with Crippen LogP contribution >= 0.6 is 0 Å². The zero-order chi connectivity index (χ0) is 17.5. The number of nitrogens with one attached hydrogen (secondary N) is 2. The Hall–Kier alpha value is -1.63. The molecule has 0 spiro atoms. The van der Waals surface area contributed by atoms with Crippen LogP contribution in [0.2, 0.25) is 0 Å². The van der Waals surface area contributed by atoms with Crippen molar-refractivity contribution in [2.75, 3.05) is 13.1 Å². The van der Waals surface area contributed by atoms with Crippen LogP contribution in [-0.4, -0.2) is 41.1 Å². The average Bonchev–Trinajstić information content (AvgIpc) is 2.48. The Bertz CT molecular complexity index is 500. The van der Waals surface area contributed by atoms with E-state index in [-0.39, 0.29) is 6.54 Å². The Morgan fingerprint density at radius 3 is 2.61 bits per heavy atom. The molecule has 0 aliphatic heterocycles. The van der Waals surface area contributed by atoms with E-state index in [0.29, 0.717) is 12.1 Å². The van der Waals surface area contributed by atoms with Gasteiger partial charge in [-0.15, -0.1) is 0 Å². The summed E-state index contributed by atoms with van der Waals surface area (Å²) in [6.07, 6.45) is -2.81. The number of rotatable bonds is 7. The largest absolute Gasteiger partial charge is 0.444 e. The molecule has 0 bridgehead atoms. The van der Waals surface area contributed by atoms with Gasteiger partial charge in [0.25, 0.3) is 0 Å². The van der Waals surface area contributed by atoms with Gasteiger partial charge in [0.2, 0.25) is 0 Å². The summed E-state index contributed by atoms with van der Waals surface area (Å²) in [6.45, 7) is 8.76. The molecule has 6 nitrogen and oxygen atoms in total. The van der Waals surface area contributed by atoms with Crippen LogP contribution in [0.5, 0.6) is 0 Å². The van der Waals surface area contributed by atoms with E-state index in [1.807, 2.05) is 25.1 Å². The first-order valence-electron chi connectivity index (χ1n) is 7.85. The fourth-order valence-electron chi connectivity index (χ4n) is 1.99. The van der Waals surface area contributed by atoms with Gasteiger partial charge in [0.05, 0.1) is 0 Å². The molecule has 0 heterocycles. The minimum absolute atomic E-state index is 0.0898. The summed E-state index contributed by atoms with van der Waals surface area (Å²) in [4.78, 5) is 11.6. The quantitative estimate of drug-likeness (QED) is 0.613. The topological polar surface area (TPSA) is 90.8 Å². The van der Waals surface area contributed by atoms with Gasteiger partial charge in [-0.25, -0.2) is 4.79 Å². The molecule has 0 aliphatic rings. The van der Waals surface area contributed by atoms with Crippen molar-refractivity contribution in [3.63, 3.8) is 0 Å². The third kappa shape index (κ3) is 7.45. The first-order valence-corrected chi connectivity index (χ1v) is 7.85. The molecule has 4 N–H and O–H groups in total. The van der Waals surface area contributed by atoms with E-state index in [2.05, 4.69) is 10.6 Å². The molecular formula is C17H28N2O4. The molecule has 6 heteroatoms. The third-order valence-corrected chi connectivity index (χ3v) is 3.09. The van der Waals surface area contributed by atoms with Gasteiger partial charge in [-0.3, -0.25) is 0 Å². The van der Waals surface area contributed by atoms with E-state index >= 15 is 0 Å². The van der Waals surface area contributed by atoms with E-state index in [1.165, 1.54) is 0 Å². The van der Waals surface area contributed by atoms with Crippen LogP contribution in [0.25, 0.3) is 0 Å². The van der Waals surface area contributed by atoms with E-state index in [4.69, 9.17) is 4.74 Å². The molecule has 1 rings (SSSR count). The lowest BCUT2D eigenvalue weighted by Crippen LogP contribution is -2.38. The highest BCUT2D eigenvalue weighted by Gasteiger charge is 2.21. The predicted molar refractivity (Wildman–Crippen MR) is 89.0 cm³/mol. The smallest absolute Gasteiger partial charge is 0.407 e. The summed E-state index contributed by atoms with van der Waals surface area (Å²) in [7, 11) is 0. The van der Waals surface area contributed by atoms with Crippen molar-refractivity contribution in [2.24, 2.45) is 0 Å². The molecule has 0 saturated heterocycles. The number of carbonyl (C=O) groups excluding carboxylic acids is 1. The molecule has 0 saturated carbocycles. The van der Waals surface area contributed by atoms with Crippen molar-refractivity contribution < 1.29 is 19.7 Å². The van der Waals surface area contributed by atoms with Crippen molar-refractivity contribution in [1.82, 2.24) is 10.6 Å². The van der Waals surface area contributed by atoms with Gasteiger partial charge in [0, 0.05) is 13.1 Å². The molecule has 130 valence electrons. The minimum atomic E-state index is -1.11. The SMILES string of the molecule is CCNCc1cccc(C(O)C(O)CNC(=O)OC(C)(C)C)c1. The Morgan fingerprint density at radius 1 is 1.30 bits per heavy atom. The first-order chi connectivity index (χ1) is 10.7. The molecule has 0 aromatic heterocycles. The van der Waals surface area contributed by atoms with Gasteiger partial charge < -0.3 is 25.6 Å². The number of aliphatic hydroxyl groups is 2. The zero-order valence-electron chi connectivity index (χ0n) is 14.3. The van der Waals surface area contributed by atoms with Crippen LogP contribution in [0.4, 0.5) is 4.79 Å². The maximum atomic E-state index is 11.6.